The summed E-state index contributed by atoms with van der Waals surface area (Å²) in [7, 11) is 0. The van der Waals surface area contributed by atoms with Gasteiger partial charge in [0.2, 0.25) is 0 Å². The minimum atomic E-state index is -0.135. The van der Waals surface area contributed by atoms with Gasteiger partial charge in [-0.15, -0.1) is 5.10 Å². The van der Waals surface area contributed by atoms with Gasteiger partial charge in [0, 0.05) is 36.2 Å². The van der Waals surface area contributed by atoms with Crippen molar-refractivity contribution < 1.29 is 9.84 Å². The van der Waals surface area contributed by atoms with Crippen molar-refractivity contribution in [3.63, 3.8) is 0 Å². The molecule has 9 heteroatoms. The second kappa shape index (κ2) is 10.8. The van der Waals surface area contributed by atoms with E-state index in [4.69, 9.17) is 4.74 Å². The Balaban J connectivity index is 1.56. The first-order valence-corrected chi connectivity index (χ1v) is 11.1. The van der Waals surface area contributed by atoms with Crippen molar-refractivity contribution in [1.82, 2.24) is 30.1 Å². The lowest BCUT2D eigenvalue weighted by atomic mass is 10.1. The van der Waals surface area contributed by atoms with Crippen molar-refractivity contribution in [2.45, 2.75) is 33.0 Å². The molecule has 0 atom stereocenters. The molecule has 0 aliphatic heterocycles. The molecule has 0 bridgehead atoms. The molecule has 0 amide bonds. The Hall–Kier alpha value is -3.56. The number of hydrogen-bond donors (Lipinski definition) is 2. The highest BCUT2D eigenvalue weighted by atomic mass is 16.5. The first-order valence-electron chi connectivity index (χ1n) is 11.1. The van der Waals surface area contributed by atoms with Gasteiger partial charge in [0.05, 0.1) is 19.7 Å². The summed E-state index contributed by atoms with van der Waals surface area (Å²) in [6.07, 6.45) is 0.584. The van der Waals surface area contributed by atoms with E-state index in [0.29, 0.717) is 50.6 Å². The van der Waals surface area contributed by atoms with E-state index in [2.05, 4.69) is 25.4 Å². The summed E-state index contributed by atoms with van der Waals surface area (Å²) in [5.41, 5.74) is 2.37. The van der Waals surface area contributed by atoms with E-state index < -0.39 is 0 Å². The summed E-state index contributed by atoms with van der Waals surface area (Å²) in [5.74, 6) is 1.47. The van der Waals surface area contributed by atoms with Crippen molar-refractivity contribution >= 4 is 10.9 Å². The van der Waals surface area contributed by atoms with Crippen LogP contribution >= 0.6 is 0 Å². The molecule has 4 rings (SSSR count). The number of aromatic amines is 1. The second-order valence-corrected chi connectivity index (χ2v) is 7.83. The Morgan fingerprint density at radius 2 is 1.97 bits per heavy atom. The molecule has 0 fully saturated rings. The van der Waals surface area contributed by atoms with Crippen LogP contribution in [0.25, 0.3) is 10.9 Å². The number of aromatic nitrogens is 5. The van der Waals surface area contributed by atoms with Crippen molar-refractivity contribution in [2.24, 2.45) is 0 Å². The molecule has 2 N–H and O–H groups in total. The number of pyridine rings is 1. The third-order valence-electron chi connectivity index (χ3n) is 5.38. The largest absolute Gasteiger partial charge is 0.494 e. The van der Waals surface area contributed by atoms with Crippen LogP contribution in [0.1, 0.15) is 30.3 Å². The van der Waals surface area contributed by atoms with Gasteiger partial charge in [-0.3, -0.25) is 9.69 Å². The second-order valence-electron chi connectivity index (χ2n) is 7.83. The lowest BCUT2D eigenvalue weighted by Gasteiger charge is -2.21. The Bertz CT molecular complexity index is 1240. The zero-order chi connectivity index (χ0) is 23.0. The Labute approximate surface area is 191 Å². The molecular formula is C24H28N6O3. The van der Waals surface area contributed by atoms with Crippen molar-refractivity contribution in [1.29, 1.82) is 0 Å². The standard InChI is InChI=1S/C24H28N6O3/c1-2-33-21-9-10-22-19(14-21)13-20(24(32)25-22)16-29(11-6-12-31)17-23-26-27-28-30(23)15-18-7-4-3-5-8-18/h3-5,7-10,13-14,31H,2,6,11-12,15-17H2,1H3,(H,25,32). The van der Waals surface area contributed by atoms with Crippen LogP contribution in [0.2, 0.25) is 0 Å². The Morgan fingerprint density at radius 1 is 1.12 bits per heavy atom. The minimum absolute atomic E-state index is 0.0667. The number of benzene rings is 2. The third-order valence-corrected chi connectivity index (χ3v) is 5.38. The first-order chi connectivity index (χ1) is 16.2. The molecule has 33 heavy (non-hydrogen) atoms. The van der Waals surface area contributed by atoms with E-state index in [9.17, 15) is 9.90 Å². The van der Waals surface area contributed by atoms with Crippen LogP contribution in [-0.4, -0.2) is 55.0 Å². The fraction of sp³-hybridized carbons (Fsp3) is 0.333. The Morgan fingerprint density at radius 3 is 2.76 bits per heavy atom. The molecule has 0 saturated carbocycles. The van der Waals surface area contributed by atoms with E-state index in [1.807, 2.05) is 61.5 Å². The van der Waals surface area contributed by atoms with Crippen molar-refractivity contribution in [2.75, 3.05) is 19.8 Å². The molecular weight excluding hydrogens is 420 g/mol. The van der Waals surface area contributed by atoms with E-state index in [1.54, 1.807) is 4.68 Å². The molecule has 0 unspecified atom stereocenters. The molecule has 0 aliphatic carbocycles. The number of aliphatic hydroxyl groups is 1. The van der Waals surface area contributed by atoms with Crippen LogP contribution in [0.15, 0.2) is 59.4 Å². The van der Waals surface area contributed by atoms with Crippen LogP contribution < -0.4 is 10.3 Å². The van der Waals surface area contributed by atoms with Gasteiger partial charge < -0.3 is 14.8 Å². The summed E-state index contributed by atoms with van der Waals surface area (Å²) in [4.78, 5) is 17.8. The lowest BCUT2D eigenvalue weighted by Crippen LogP contribution is -2.29. The third kappa shape index (κ3) is 5.82. The van der Waals surface area contributed by atoms with Crippen LogP contribution in [-0.2, 0) is 19.6 Å². The van der Waals surface area contributed by atoms with Crippen molar-refractivity contribution in [3.8, 4) is 5.75 Å². The quantitative estimate of drug-likeness (QED) is 0.362. The van der Waals surface area contributed by atoms with Gasteiger partial charge in [0.1, 0.15) is 5.75 Å². The number of rotatable bonds is 11. The topological polar surface area (TPSA) is 109 Å². The molecule has 4 aromatic rings. The van der Waals surface area contributed by atoms with Crippen LogP contribution in [0.4, 0.5) is 0 Å². The average molecular weight is 449 g/mol. The van der Waals surface area contributed by atoms with Gasteiger partial charge in [0.25, 0.3) is 5.56 Å². The Kier molecular flexibility index (Phi) is 7.43. The van der Waals surface area contributed by atoms with Gasteiger partial charge in [0.15, 0.2) is 5.82 Å². The summed E-state index contributed by atoms with van der Waals surface area (Å²) < 4.78 is 7.36. The molecule has 0 saturated heterocycles. The maximum Gasteiger partial charge on any atom is 0.252 e. The summed E-state index contributed by atoms with van der Waals surface area (Å²) in [6, 6.07) is 17.5. The number of hydrogen-bond acceptors (Lipinski definition) is 7. The van der Waals surface area contributed by atoms with Crippen LogP contribution in [0.5, 0.6) is 5.75 Å². The number of fused-ring (bicyclic) bond motifs is 1. The molecule has 2 heterocycles. The van der Waals surface area contributed by atoms with Gasteiger partial charge >= 0.3 is 0 Å². The lowest BCUT2D eigenvalue weighted by molar-refractivity contribution is 0.206. The molecule has 0 spiro atoms. The van der Waals surface area contributed by atoms with Crippen LogP contribution in [0, 0.1) is 0 Å². The zero-order valence-electron chi connectivity index (χ0n) is 18.6. The molecule has 0 aliphatic rings. The van der Waals surface area contributed by atoms with E-state index in [-0.39, 0.29) is 12.2 Å². The number of H-pyrrole nitrogens is 1. The van der Waals surface area contributed by atoms with E-state index in [0.717, 1.165) is 22.2 Å². The molecule has 2 aromatic heterocycles. The number of aliphatic hydroxyl groups excluding tert-OH is 1. The van der Waals surface area contributed by atoms with Gasteiger partial charge in [-0.2, -0.15) is 0 Å². The monoisotopic (exact) mass is 448 g/mol. The van der Waals surface area contributed by atoms with Gasteiger partial charge in [-0.05, 0) is 53.6 Å². The van der Waals surface area contributed by atoms with E-state index in [1.165, 1.54) is 0 Å². The number of nitrogens with zero attached hydrogens (tertiary/aromatic N) is 5. The molecule has 9 nitrogen and oxygen atoms in total. The fourth-order valence-electron chi connectivity index (χ4n) is 3.77. The summed E-state index contributed by atoms with van der Waals surface area (Å²) >= 11 is 0. The summed E-state index contributed by atoms with van der Waals surface area (Å²) in [5, 5.41) is 22.5. The minimum Gasteiger partial charge on any atom is -0.494 e. The molecule has 2 aromatic carbocycles. The van der Waals surface area contributed by atoms with Crippen LogP contribution in [0.3, 0.4) is 0 Å². The number of ether oxygens (including phenoxy) is 1. The SMILES string of the molecule is CCOc1ccc2[nH]c(=O)c(CN(CCCO)Cc3nnnn3Cc3ccccc3)cc2c1. The number of nitrogens with one attached hydrogen (secondary N) is 1. The number of tetrazole rings is 1. The smallest absolute Gasteiger partial charge is 0.252 e. The molecule has 172 valence electrons. The highest BCUT2D eigenvalue weighted by molar-refractivity contribution is 5.80. The normalized spacial score (nSPS) is 11.4. The maximum absolute atomic E-state index is 12.8. The maximum atomic E-state index is 12.8. The predicted molar refractivity (Wildman–Crippen MR) is 125 cm³/mol. The van der Waals surface area contributed by atoms with Crippen molar-refractivity contribution in [3.05, 3.63) is 81.9 Å². The summed E-state index contributed by atoms with van der Waals surface area (Å²) in [6.45, 7) is 4.61. The highest BCUT2D eigenvalue weighted by Crippen LogP contribution is 2.20. The van der Waals surface area contributed by atoms with Gasteiger partial charge in [-0.25, -0.2) is 4.68 Å². The predicted octanol–water partition coefficient (Wildman–Crippen LogP) is 2.35. The zero-order valence-corrected chi connectivity index (χ0v) is 18.6. The fourth-order valence-corrected chi connectivity index (χ4v) is 3.77. The first kappa shape index (κ1) is 22.6. The highest BCUT2D eigenvalue weighted by Gasteiger charge is 2.15. The van der Waals surface area contributed by atoms with Gasteiger partial charge in [-0.1, -0.05) is 30.3 Å². The average Bonchev–Trinajstić information content (AvgIpc) is 3.25. The van der Waals surface area contributed by atoms with E-state index >= 15 is 0 Å². The molecule has 0 radical (unpaired) electrons.